The van der Waals surface area contributed by atoms with Gasteiger partial charge in [-0.05, 0) is 43.4 Å². The van der Waals surface area contributed by atoms with Gasteiger partial charge in [0.2, 0.25) is 11.8 Å². The van der Waals surface area contributed by atoms with Gasteiger partial charge in [0.05, 0.1) is 13.5 Å². The van der Waals surface area contributed by atoms with E-state index in [1.54, 1.807) is 0 Å². The zero-order chi connectivity index (χ0) is 28.4. The minimum atomic E-state index is -1.13. The number of ether oxygens (including phenoxy) is 1. The first-order valence-electron chi connectivity index (χ1n) is 13.4. The van der Waals surface area contributed by atoms with Gasteiger partial charge in [0.25, 0.3) is 0 Å². The highest BCUT2D eigenvalue weighted by Crippen LogP contribution is 2.28. The number of likely N-dealkylation sites (tertiary alicyclic amines) is 1. The number of rotatable bonds is 10. The number of methoxy groups -OCH3 is 1. The van der Waals surface area contributed by atoms with Crippen molar-refractivity contribution in [2.75, 3.05) is 19.0 Å². The Morgan fingerprint density at radius 2 is 1.85 bits per heavy atom. The van der Waals surface area contributed by atoms with E-state index in [1.165, 1.54) is 36.3 Å². The maximum Gasteiger partial charge on any atom is 0.328 e. The van der Waals surface area contributed by atoms with Crippen molar-refractivity contribution >= 4 is 35.5 Å². The number of hydrogen-bond acceptors (Lipinski definition) is 6. The van der Waals surface area contributed by atoms with Crippen molar-refractivity contribution in [2.24, 2.45) is 5.92 Å². The van der Waals surface area contributed by atoms with E-state index >= 15 is 0 Å². The molecule has 1 aliphatic heterocycles. The van der Waals surface area contributed by atoms with Crippen LogP contribution in [0.5, 0.6) is 0 Å². The lowest BCUT2D eigenvalue weighted by molar-refractivity contribution is -0.149. The Balaban J connectivity index is 1.70. The van der Waals surface area contributed by atoms with E-state index in [2.05, 4.69) is 16.0 Å². The van der Waals surface area contributed by atoms with Crippen LogP contribution in [0, 0.1) is 11.7 Å². The number of carboxylic acid groups (broad SMARTS) is 1. The summed E-state index contributed by atoms with van der Waals surface area (Å²) < 4.78 is 18.4. The van der Waals surface area contributed by atoms with Gasteiger partial charge < -0.3 is 30.7 Å². The van der Waals surface area contributed by atoms with Gasteiger partial charge in [-0.3, -0.25) is 14.4 Å². The van der Waals surface area contributed by atoms with Crippen LogP contribution in [0.1, 0.15) is 64.2 Å². The fourth-order valence-corrected chi connectivity index (χ4v) is 5.30. The number of halogens is 1. The molecule has 1 saturated carbocycles. The molecule has 39 heavy (non-hydrogen) atoms. The van der Waals surface area contributed by atoms with Crippen molar-refractivity contribution in [3.63, 3.8) is 0 Å². The number of esters is 1. The van der Waals surface area contributed by atoms with Gasteiger partial charge in [-0.15, -0.1) is 0 Å². The Morgan fingerprint density at radius 3 is 2.51 bits per heavy atom. The lowest BCUT2D eigenvalue weighted by Crippen LogP contribution is -2.59. The number of benzene rings is 1. The van der Waals surface area contributed by atoms with Crippen molar-refractivity contribution < 1.29 is 38.2 Å². The Hall–Kier alpha value is -3.70. The minimum Gasteiger partial charge on any atom is -0.481 e. The van der Waals surface area contributed by atoms with Crippen LogP contribution in [0.25, 0.3) is 0 Å². The Bertz CT molecular complexity index is 1050. The lowest BCUT2D eigenvalue weighted by Gasteiger charge is -2.39. The highest BCUT2D eigenvalue weighted by atomic mass is 19.1. The molecule has 4 N–H and O–H groups in total. The third-order valence-corrected chi connectivity index (χ3v) is 7.29. The second kappa shape index (κ2) is 14.5. The van der Waals surface area contributed by atoms with Crippen molar-refractivity contribution in [1.29, 1.82) is 0 Å². The number of piperidine rings is 1. The predicted molar refractivity (Wildman–Crippen MR) is 139 cm³/mol. The molecule has 3 unspecified atom stereocenters. The van der Waals surface area contributed by atoms with E-state index in [4.69, 9.17) is 9.84 Å². The smallest absolute Gasteiger partial charge is 0.328 e. The molecule has 1 saturated heterocycles. The number of anilines is 1. The van der Waals surface area contributed by atoms with Crippen LogP contribution < -0.4 is 16.0 Å². The van der Waals surface area contributed by atoms with Gasteiger partial charge in [0, 0.05) is 24.7 Å². The van der Waals surface area contributed by atoms with Gasteiger partial charge in [-0.2, -0.15) is 0 Å². The van der Waals surface area contributed by atoms with Crippen LogP contribution in [0.4, 0.5) is 14.9 Å². The van der Waals surface area contributed by atoms with E-state index in [-0.39, 0.29) is 37.4 Å². The summed E-state index contributed by atoms with van der Waals surface area (Å²) in [5, 5.41) is 17.1. The monoisotopic (exact) mass is 548 g/mol. The molecule has 0 bridgehead atoms. The maximum atomic E-state index is 13.5. The molecule has 11 nitrogen and oxygen atoms in total. The molecule has 1 aliphatic carbocycles. The highest BCUT2D eigenvalue weighted by Gasteiger charge is 2.38. The third-order valence-electron chi connectivity index (χ3n) is 7.29. The number of nitrogens with zero attached hydrogens (tertiary/aromatic N) is 1. The van der Waals surface area contributed by atoms with Crippen molar-refractivity contribution in [1.82, 2.24) is 15.5 Å². The average Bonchev–Trinajstić information content (AvgIpc) is 2.91. The van der Waals surface area contributed by atoms with Crippen molar-refractivity contribution in [3.8, 4) is 0 Å². The topological polar surface area (TPSA) is 154 Å². The first-order valence-corrected chi connectivity index (χ1v) is 13.4. The second-order valence-electron chi connectivity index (χ2n) is 10.2. The Kier molecular flexibility index (Phi) is 11.1. The second-order valence-corrected chi connectivity index (χ2v) is 10.2. The first kappa shape index (κ1) is 29.9. The number of urea groups is 1. The summed E-state index contributed by atoms with van der Waals surface area (Å²) in [6.07, 6.45) is 5.32. The lowest BCUT2D eigenvalue weighted by atomic mass is 9.84. The molecule has 0 radical (unpaired) electrons. The minimum absolute atomic E-state index is 0.0541. The predicted octanol–water partition coefficient (Wildman–Crippen LogP) is 2.80. The summed E-state index contributed by atoms with van der Waals surface area (Å²) in [6, 6.07) is 2.38. The molecule has 0 spiro atoms. The third kappa shape index (κ3) is 9.22. The molecule has 214 valence electrons. The van der Waals surface area contributed by atoms with Crippen molar-refractivity contribution in [2.45, 2.75) is 82.3 Å². The largest absolute Gasteiger partial charge is 0.481 e. The molecule has 3 atom stereocenters. The molecule has 1 aromatic rings. The van der Waals surface area contributed by atoms with E-state index < -0.39 is 53.7 Å². The van der Waals surface area contributed by atoms with Crippen molar-refractivity contribution in [3.05, 3.63) is 30.1 Å². The molecule has 1 aromatic carbocycles. The van der Waals surface area contributed by atoms with Gasteiger partial charge in [-0.25, -0.2) is 14.0 Å². The Morgan fingerprint density at radius 1 is 1.10 bits per heavy atom. The number of amides is 4. The van der Waals surface area contributed by atoms with Crippen LogP contribution in [-0.4, -0.2) is 71.6 Å². The van der Waals surface area contributed by atoms with Crippen LogP contribution in [-0.2, 0) is 23.9 Å². The summed E-state index contributed by atoms with van der Waals surface area (Å²) in [5.74, 6) is -3.01. The van der Waals surface area contributed by atoms with E-state index in [0.29, 0.717) is 12.8 Å². The van der Waals surface area contributed by atoms with Gasteiger partial charge >= 0.3 is 18.0 Å². The first-order chi connectivity index (χ1) is 18.7. The summed E-state index contributed by atoms with van der Waals surface area (Å²) in [5.41, 5.74) is 0.256. The zero-order valence-electron chi connectivity index (χ0n) is 22.1. The number of carbonyl (C=O) groups excluding carboxylic acids is 4. The molecule has 12 heteroatoms. The number of nitrogens with one attached hydrogen (secondary N) is 3. The molecule has 1 heterocycles. The van der Waals surface area contributed by atoms with Gasteiger partial charge in [0.15, 0.2) is 0 Å². The summed E-state index contributed by atoms with van der Waals surface area (Å²) >= 11 is 0. The molecule has 2 fully saturated rings. The normalized spacial score (nSPS) is 20.4. The number of carboxylic acids is 1. The SMILES string of the molecule is COC(=O)C(CC1CCCCC1)NC(=O)C1CC(NC(=O)Nc2cccc(F)c2)CCN1C(=O)CCC(=O)O. The van der Waals surface area contributed by atoms with Gasteiger partial charge in [0.1, 0.15) is 17.9 Å². The van der Waals surface area contributed by atoms with E-state index in [9.17, 15) is 28.4 Å². The Labute approximate surface area is 226 Å². The molecule has 0 aromatic heterocycles. The van der Waals surface area contributed by atoms with Crippen LogP contribution in [0.15, 0.2) is 24.3 Å². The standard InChI is InChI=1S/C27H37FN4O7/c1-39-26(37)21(14-17-6-3-2-4-7-17)31-25(36)22-16-20(12-13-32(22)23(33)10-11-24(34)35)30-27(38)29-19-9-5-8-18(28)15-19/h5,8-9,15,17,20-22H,2-4,6-7,10-14,16H2,1H3,(H,31,36)(H,34,35)(H2,29,30,38). The molecular formula is C27H37FN4O7. The number of aliphatic carboxylic acids is 1. The summed E-state index contributed by atoms with van der Waals surface area (Å²) in [4.78, 5) is 63.7. The molecule has 4 amide bonds. The van der Waals surface area contributed by atoms with E-state index in [1.807, 2.05) is 0 Å². The number of hydrogen-bond donors (Lipinski definition) is 4. The zero-order valence-corrected chi connectivity index (χ0v) is 22.1. The van der Waals surface area contributed by atoms with E-state index in [0.717, 1.165) is 32.1 Å². The summed E-state index contributed by atoms with van der Waals surface area (Å²) in [7, 11) is 1.25. The molecular weight excluding hydrogens is 511 g/mol. The van der Waals surface area contributed by atoms with Crippen LogP contribution in [0.3, 0.4) is 0 Å². The van der Waals surface area contributed by atoms with Gasteiger partial charge in [-0.1, -0.05) is 38.2 Å². The quantitative estimate of drug-likeness (QED) is 0.328. The fraction of sp³-hybridized carbons (Fsp3) is 0.593. The fourth-order valence-electron chi connectivity index (χ4n) is 5.30. The maximum absolute atomic E-state index is 13.5. The molecule has 2 aliphatic rings. The summed E-state index contributed by atoms with van der Waals surface area (Å²) in [6.45, 7) is 0.104. The average molecular weight is 549 g/mol. The highest BCUT2D eigenvalue weighted by molar-refractivity contribution is 5.92. The van der Waals surface area contributed by atoms with Crippen LogP contribution >= 0.6 is 0 Å². The molecule has 3 rings (SSSR count). The number of carbonyl (C=O) groups is 5. The van der Waals surface area contributed by atoms with Crippen LogP contribution in [0.2, 0.25) is 0 Å².